The molecule has 1 unspecified atom stereocenters. The van der Waals surface area contributed by atoms with E-state index >= 15 is 0 Å². The SMILES string of the molecule is CCCC(C)COc1ccc(C(=O)NC)cc1N. The van der Waals surface area contributed by atoms with E-state index in [4.69, 9.17) is 10.5 Å². The van der Waals surface area contributed by atoms with E-state index in [0.29, 0.717) is 29.5 Å². The second-order valence-electron chi connectivity index (χ2n) is 4.54. The van der Waals surface area contributed by atoms with Crippen molar-refractivity contribution in [3.8, 4) is 5.75 Å². The number of hydrogen-bond acceptors (Lipinski definition) is 3. The fourth-order valence-corrected chi connectivity index (χ4v) is 1.77. The third kappa shape index (κ3) is 3.95. The van der Waals surface area contributed by atoms with Gasteiger partial charge in [-0.05, 0) is 30.5 Å². The maximum absolute atomic E-state index is 11.4. The van der Waals surface area contributed by atoms with Gasteiger partial charge in [-0.2, -0.15) is 0 Å². The second-order valence-corrected chi connectivity index (χ2v) is 4.54. The van der Waals surface area contributed by atoms with Gasteiger partial charge in [0.1, 0.15) is 5.75 Å². The van der Waals surface area contributed by atoms with Crippen molar-refractivity contribution in [3.63, 3.8) is 0 Å². The molecule has 1 amide bonds. The molecule has 0 aliphatic carbocycles. The molecule has 0 bridgehead atoms. The highest BCUT2D eigenvalue weighted by atomic mass is 16.5. The van der Waals surface area contributed by atoms with Gasteiger partial charge in [0, 0.05) is 12.6 Å². The van der Waals surface area contributed by atoms with Crippen molar-refractivity contribution < 1.29 is 9.53 Å². The monoisotopic (exact) mass is 250 g/mol. The third-order valence-corrected chi connectivity index (χ3v) is 2.80. The van der Waals surface area contributed by atoms with E-state index in [9.17, 15) is 4.79 Å². The van der Waals surface area contributed by atoms with Crippen molar-refractivity contribution in [3.05, 3.63) is 23.8 Å². The molecule has 0 saturated heterocycles. The van der Waals surface area contributed by atoms with Crippen LogP contribution in [0.4, 0.5) is 5.69 Å². The van der Waals surface area contributed by atoms with E-state index in [2.05, 4.69) is 19.2 Å². The summed E-state index contributed by atoms with van der Waals surface area (Å²) in [6.45, 7) is 4.96. The number of nitrogen functional groups attached to an aromatic ring is 1. The molecule has 0 aliphatic heterocycles. The van der Waals surface area contributed by atoms with Crippen molar-refractivity contribution in [2.45, 2.75) is 26.7 Å². The number of nitrogens with one attached hydrogen (secondary N) is 1. The minimum absolute atomic E-state index is 0.146. The quantitative estimate of drug-likeness (QED) is 0.762. The maximum atomic E-state index is 11.4. The minimum atomic E-state index is -0.146. The Labute approximate surface area is 109 Å². The fourth-order valence-electron chi connectivity index (χ4n) is 1.77. The van der Waals surface area contributed by atoms with Gasteiger partial charge in [0.15, 0.2) is 0 Å². The molecule has 0 aliphatic rings. The van der Waals surface area contributed by atoms with Gasteiger partial charge in [0.25, 0.3) is 5.91 Å². The zero-order valence-electron chi connectivity index (χ0n) is 11.3. The molecule has 0 spiro atoms. The number of ether oxygens (including phenoxy) is 1. The number of nitrogens with two attached hydrogens (primary N) is 1. The van der Waals surface area contributed by atoms with Crippen LogP contribution in [0.15, 0.2) is 18.2 Å². The van der Waals surface area contributed by atoms with E-state index < -0.39 is 0 Å². The summed E-state index contributed by atoms with van der Waals surface area (Å²) >= 11 is 0. The molecule has 100 valence electrons. The molecule has 4 heteroatoms. The van der Waals surface area contributed by atoms with Gasteiger partial charge in [-0.3, -0.25) is 4.79 Å². The Morgan fingerprint density at radius 1 is 1.50 bits per heavy atom. The molecule has 0 radical (unpaired) electrons. The van der Waals surface area contributed by atoms with Crippen LogP contribution in [0.2, 0.25) is 0 Å². The fraction of sp³-hybridized carbons (Fsp3) is 0.500. The highest BCUT2D eigenvalue weighted by molar-refractivity contribution is 5.95. The number of hydrogen-bond donors (Lipinski definition) is 2. The Kier molecular flexibility index (Phi) is 5.49. The highest BCUT2D eigenvalue weighted by Gasteiger charge is 2.08. The maximum Gasteiger partial charge on any atom is 0.251 e. The lowest BCUT2D eigenvalue weighted by Gasteiger charge is -2.14. The number of carbonyl (C=O) groups is 1. The summed E-state index contributed by atoms with van der Waals surface area (Å²) < 4.78 is 5.66. The first-order valence-electron chi connectivity index (χ1n) is 6.32. The molecule has 0 fully saturated rings. The Morgan fingerprint density at radius 3 is 2.78 bits per heavy atom. The van der Waals surface area contributed by atoms with Crippen molar-refractivity contribution in [1.82, 2.24) is 5.32 Å². The van der Waals surface area contributed by atoms with Crippen LogP contribution in [0.5, 0.6) is 5.75 Å². The molecular weight excluding hydrogens is 228 g/mol. The van der Waals surface area contributed by atoms with E-state index in [1.165, 1.54) is 0 Å². The van der Waals surface area contributed by atoms with Crippen LogP contribution in [-0.2, 0) is 0 Å². The average molecular weight is 250 g/mol. The lowest BCUT2D eigenvalue weighted by Crippen LogP contribution is -2.18. The Bertz CT molecular complexity index is 405. The first kappa shape index (κ1) is 14.4. The van der Waals surface area contributed by atoms with Crippen LogP contribution in [0.3, 0.4) is 0 Å². The highest BCUT2D eigenvalue weighted by Crippen LogP contribution is 2.23. The Hall–Kier alpha value is -1.71. The van der Waals surface area contributed by atoms with Gasteiger partial charge in [0.2, 0.25) is 0 Å². The number of anilines is 1. The largest absolute Gasteiger partial charge is 0.491 e. The van der Waals surface area contributed by atoms with Gasteiger partial charge in [-0.25, -0.2) is 0 Å². The number of carbonyl (C=O) groups excluding carboxylic acids is 1. The minimum Gasteiger partial charge on any atom is -0.491 e. The van der Waals surface area contributed by atoms with Crippen LogP contribution >= 0.6 is 0 Å². The summed E-state index contributed by atoms with van der Waals surface area (Å²) in [4.78, 5) is 11.4. The average Bonchev–Trinajstić information content (AvgIpc) is 2.36. The van der Waals surface area contributed by atoms with Crippen LogP contribution in [0.1, 0.15) is 37.0 Å². The third-order valence-electron chi connectivity index (χ3n) is 2.80. The molecular formula is C14H22N2O2. The number of benzene rings is 1. The molecule has 18 heavy (non-hydrogen) atoms. The summed E-state index contributed by atoms with van der Waals surface area (Å²) in [6.07, 6.45) is 2.28. The van der Waals surface area contributed by atoms with Crippen LogP contribution in [-0.4, -0.2) is 19.6 Å². The van der Waals surface area contributed by atoms with Gasteiger partial charge in [0.05, 0.1) is 12.3 Å². The Balaban J connectivity index is 2.65. The summed E-state index contributed by atoms with van der Waals surface area (Å²) in [5, 5.41) is 2.56. The lowest BCUT2D eigenvalue weighted by molar-refractivity contribution is 0.0963. The second kappa shape index (κ2) is 6.89. The molecule has 0 aromatic heterocycles. The zero-order valence-corrected chi connectivity index (χ0v) is 11.3. The molecule has 0 heterocycles. The summed E-state index contributed by atoms with van der Waals surface area (Å²) in [7, 11) is 1.59. The van der Waals surface area contributed by atoms with E-state index in [1.54, 1.807) is 25.2 Å². The molecule has 1 rings (SSSR count). The van der Waals surface area contributed by atoms with Crippen molar-refractivity contribution >= 4 is 11.6 Å². The zero-order chi connectivity index (χ0) is 13.5. The number of amides is 1. The molecule has 0 saturated carbocycles. The Morgan fingerprint density at radius 2 is 2.22 bits per heavy atom. The first-order valence-corrected chi connectivity index (χ1v) is 6.32. The normalized spacial score (nSPS) is 11.9. The van der Waals surface area contributed by atoms with Gasteiger partial charge in [-0.1, -0.05) is 20.3 Å². The molecule has 4 nitrogen and oxygen atoms in total. The van der Waals surface area contributed by atoms with Gasteiger partial charge < -0.3 is 15.8 Å². The van der Waals surface area contributed by atoms with Crippen molar-refractivity contribution in [2.75, 3.05) is 19.4 Å². The molecule has 1 atom stereocenters. The molecule has 3 N–H and O–H groups in total. The topological polar surface area (TPSA) is 64.3 Å². The lowest BCUT2D eigenvalue weighted by atomic mass is 10.1. The summed E-state index contributed by atoms with van der Waals surface area (Å²) in [5.74, 6) is 1.01. The summed E-state index contributed by atoms with van der Waals surface area (Å²) in [6, 6.07) is 5.10. The van der Waals surface area contributed by atoms with Gasteiger partial charge >= 0.3 is 0 Å². The molecule has 1 aromatic rings. The predicted molar refractivity (Wildman–Crippen MR) is 73.8 cm³/mol. The van der Waals surface area contributed by atoms with Gasteiger partial charge in [-0.15, -0.1) is 0 Å². The van der Waals surface area contributed by atoms with E-state index in [-0.39, 0.29) is 5.91 Å². The summed E-state index contributed by atoms with van der Waals surface area (Å²) in [5.41, 5.74) is 6.91. The van der Waals surface area contributed by atoms with E-state index in [1.807, 2.05) is 0 Å². The van der Waals surface area contributed by atoms with Crippen LogP contribution < -0.4 is 15.8 Å². The molecule has 1 aromatic carbocycles. The smallest absolute Gasteiger partial charge is 0.251 e. The number of rotatable bonds is 6. The predicted octanol–water partition coefficient (Wildman–Crippen LogP) is 2.44. The first-order chi connectivity index (χ1) is 8.58. The standard InChI is InChI=1S/C14H22N2O2/c1-4-5-10(2)9-18-13-7-6-11(8-12(13)15)14(17)16-3/h6-8,10H,4-5,9,15H2,1-3H3,(H,16,17). The van der Waals surface area contributed by atoms with Crippen molar-refractivity contribution in [1.29, 1.82) is 0 Å². The van der Waals surface area contributed by atoms with Crippen LogP contribution in [0.25, 0.3) is 0 Å². The van der Waals surface area contributed by atoms with E-state index in [0.717, 1.165) is 12.8 Å². The van der Waals surface area contributed by atoms with Crippen LogP contribution in [0, 0.1) is 5.92 Å². The van der Waals surface area contributed by atoms with Crippen molar-refractivity contribution in [2.24, 2.45) is 5.92 Å².